The molecule has 2 N–H and O–H groups in total. The van der Waals surface area contributed by atoms with Gasteiger partial charge in [0.2, 0.25) is 0 Å². The fraction of sp³-hybridized carbons (Fsp3) is 0.368. The third-order valence-electron chi connectivity index (χ3n) is 5.46. The number of carbonyl (C=O) groups is 1. The van der Waals surface area contributed by atoms with Crippen LogP contribution in [0.3, 0.4) is 0 Å². The van der Waals surface area contributed by atoms with Gasteiger partial charge >= 0.3 is 5.69 Å². The lowest BCUT2D eigenvalue weighted by Gasteiger charge is -2.32. The number of H-pyrrole nitrogens is 1. The van der Waals surface area contributed by atoms with Crippen LogP contribution in [0.2, 0.25) is 0 Å². The van der Waals surface area contributed by atoms with Gasteiger partial charge in [-0.05, 0) is 43.0 Å². The van der Waals surface area contributed by atoms with E-state index in [-0.39, 0.29) is 11.6 Å². The smallest absolute Gasteiger partial charge is 0.333 e. The molecule has 0 bridgehead atoms. The highest BCUT2D eigenvalue weighted by Gasteiger charge is 2.27. The molecule has 2 aliphatic rings. The molecule has 0 aromatic carbocycles. The van der Waals surface area contributed by atoms with Crippen molar-refractivity contribution >= 4 is 22.9 Å². The molecule has 27 heavy (non-hydrogen) atoms. The zero-order valence-electron chi connectivity index (χ0n) is 14.8. The lowest BCUT2D eigenvalue weighted by atomic mass is 9.85. The highest BCUT2D eigenvalue weighted by Crippen LogP contribution is 2.30. The second kappa shape index (κ2) is 6.22. The van der Waals surface area contributed by atoms with Gasteiger partial charge in [-0.3, -0.25) is 9.78 Å². The van der Waals surface area contributed by atoms with Crippen LogP contribution in [-0.2, 0) is 0 Å². The largest absolute Gasteiger partial charge is 0.354 e. The van der Waals surface area contributed by atoms with E-state index < -0.39 is 0 Å². The molecule has 5 rings (SSSR count). The van der Waals surface area contributed by atoms with Crippen LogP contribution >= 0.6 is 0 Å². The van der Waals surface area contributed by atoms with Crippen LogP contribution in [0.5, 0.6) is 0 Å². The number of hydrogen-bond acceptors (Lipinski definition) is 5. The number of amides is 1. The summed E-state index contributed by atoms with van der Waals surface area (Å²) in [6, 6.07) is 7.08. The topological polar surface area (TPSA) is 95.9 Å². The van der Waals surface area contributed by atoms with Gasteiger partial charge in [0.1, 0.15) is 11.6 Å². The Kier molecular flexibility index (Phi) is 3.70. The maximum Gasteiger partial charge on any atom is 0.333 e. The van der Waals surface area contributed by atoms with Gasteiger partial charge in [0.05, 0.1) is 11.1 Å². The van der Waals surface area contributed by atoms with Crippen LogP contribution in [0.1, 0.15) is 29.6 Å². The van der Waals surface area contributed by atoms with E-state index in [4.69, 9.17) is 4.98 Å². The van der Waals surface area contributed by atoms with Gasteiger partial charge in [-0.1, -0.05) is 6.42 Å². The molecule has 0 radical (unpaired) electrons. The predicted molar refractivity (Wildman–Crippen MR) is 101 cm³/mol. The Hall–Kier alpha value is -3.16. The highest BCUT2D eigenvalue weighted by atomic mass is 16.2. The van der Waals surface area contributed by atoms with Crippen molar-refractivity contribution in [1.82, 2.24) is 24.8 Å². The van der Waals surface area contributed by atoms with Crippen LogP contribution in [0.4, 0.5) is 5.82 Å². The molecule has 1 fully saturated rings. The number of nitrogens with zero attached hydrogens (tertiary/aromatic N) is 4. The summed E-state index contributed by atoms with van der Waals surface area (Å²) in [5.74, 6) is 1.68. The van der Waals surface area contributed by atoms with Gasteiger partial charge in [-0.2, -0.15) is 0 Å². The maximum absolute atomic E-state index is 12.5. The van der Waals surface area contributed by atoms with Crippen molar-refractivity contribution in [3.8, 4) is 5.82 Å². The third kappa shape index (κ3) is 2.68. The Morgan fingerprint density at radius 2 is 2.07 bits per heavy atom. The second-order valence-electron chi connectivity index (χ2n) is 7.18. The fourth-order valence-electron chi connectivity index (χ4n) is 3.82. The minimum atomic E-state index is -0.292. The van der Waals surface area contributed by atoms with Crippen molar-refractivity contribution in [3.63, 3.8) is 0 Å². The molecule has 1 aliphatic heterocycles. The molecule has 8 nitrogen and oxygen atoms in total. The maximum atomic E-state index is 12.5. The summed E-state index contributed by atoms with van der Waals surface area (Å²) < 4.78 is 1.51. The lowest BCUT2D eigenvalue weighted by molar-refractivity contribution is 0.0958. The molecule has 1 saturated carbocycles. The highest BCUT2D eigenvalue weighted by molar-refractivity contribution is 5.99. The number of aromatic nitrogens is 4. The van der Waals surface area contributed by atoms with Crippen molar-refractivity contribution in [2.75, 3.05) is 24.5 Å². The number of rotatable bonds is 3. The molecular formula is C19H20N6O2. The summed E-state index contributed by atoms with van der Waals surface area (Å²) in [5.41, 5.74) is 1.45. The van der Waals surface area contributed by atoms with E-state index in [0.717, 1.165) is 13.1 Å². The average molecular weight is 364 g/mol. The van der Waals surface area contributed by atoms with E-state index in [0.29, 0.717) is 40.8 Å². The van der Waals surface area contributed by atoms with E-state index >= 15 is 0 Å². The second-order valence-corrected chi connectivity index (χ2v) is 7.18. The average Bonchev–Trinajstić information content (AvgIpc) is 2.89. The van der Waals surface area contributed by atoms with Crippen molar-refractivity contribution in [2.45, 2.75) is 19.3 Å². The number of hydrogen-bond donors (Lipinski definition) is 2. The number of nitrogens with one attached hydrogen (secondary N) is 2. The quantitative estimate of drug-likeness (QED) is 0.733. The molecule has 0 unspecified atom stereocenters. The SMILES string of the molecule is O=C1NCCN(CC2CCC2)c2nc(-n3c(=O)[nH]c4ncccc43)ccc21. The molecule has 138 valence electrons. The first kappa shape index (κ1) is 16.0. The summed E-state index contributed by atoms with van der Waals surface area (Å²) in [4.78, 5) is 38.8. The normalized spacial score (nSPS) is 17.3. The third-order valence-corrected chi connectivity index (χ3v) is 5.46. The van der Waals surface area contributed by atoms with Crippen LogP contribution in [-0.4, -0.2) is 45.1 Å². The molecule has 0 atom stereocenters. The molecule has 4 heterocycles. The molecule has 0 saturated heterocycles. The van der Waals surface area contributed by atoms with Crippen molar-refractivity contribution in [2.24, 2.45) is 5.92 Å². The Bertz CT molecular complexity index is 1080. The molecular weight excluding hydrogens is 344 g/mol. The number of fused-ring (bicyclic) bond motifs is 2. The molecule has 3 aromatic rings. The van der Waals surface area contributed by atoms with E-state index in [1.807, 2.05) is 6.07 Å². The Morgan fingerprint density at radius 3 is 2.89 bits per heavy atom. The zero-order valence-corrected chi connectivity index (χ0v) is 14.8. The van der Waals surface area contributed by atoms with Gasteiger partial charge in [-0.25, -0.2) is 19.3 Å². The van der Waals surface area contributed by atoms with E-state index in [1.165, 1.54) is 23.8 Å². The first-order valence-electron chi connectivity index (χ1n) is 9.31. The van der Waals surface area contributed by atoms with Gasteiger partial charge in [0, 0.05) is 25.8 Å². The van der Waals surface area contributed by atoms with Crippen molar-refractivity contribution in [1.29, 1.82) is 0 Å². The number of imidazole rings is 1. The molecule has 3 aromatic heterocycles. The fourth-order valence-corrected chi connectivity index (χ4v) is 3.82. The van der Waals surface area contributed by atoms with Gasteiger partial charge in [0.25, 0.3) is 5.91 Å². The summed E-state index contributed by atoms with van der Waals surface area (Å²) >= 11 is 0. The first-order chi connectivity index (χ1) is 13.2. The van der Waals surface area contributed by atoms with Gasteiger partial charge < -0.3 is 10.2 Å². The van der Waals surface area contributed by atoms with Gasteiger partial charge in [-0.15, -0.1) is 0 Å². The number of aromatic amines is 1. The molecule has 1 amide bonds. The molecule has 0 spiro atoms. The van der Waals surface area contributed by atoms with E-state index in [1.54, 1.807) is 24.4 Å². The minimum absolute atomic E-state index is 0.118. The predicted octanol–water partition coefficient (Wildman–Crippen LogP) is 1.46. The monoisotopic (exact) mass is 364 g/mol. The number of anilines is 1. The van der Waals surface area contributed by atoms with Crippen molar-refractivity contribution < 1.29 is 4.79 Å². The molecule has 8 heteroatoms. The number of carbonyl (C=O) groups excluding carboxylic acids is 1. The van der Waals surface area contributed by atoms with Crippen LogP contribution < -0.4 is 15.9 Å². The van der Waals surface area contributed by atoms with Crippen LogP contribution in [0, 0.1) is 5.92 Å². The summed E-state index contributed by atoms with van der Waals surface area (Å²) in [5, 5.41) is 2.93. The van der Waals surface area contributed by atoms with Gasteiger partial charge in [0.15, 0.2) is 5.65 Å². The number of pyridine rings is 2. The minimum Gasteiger partial charge on any atom is -0.354 e. The Labute approximate surface area is 155 Å². The Morgan fingerprint density at radius 1 is 1.19 bits per heavy atom. The van der Waals surface area contributed by atoms with Crippen molar-refractivity contribution in [3.05, 3.63) is 46.5 Å². The summed E-state index contributed by atoms with van der Waals surface area (Å²) in [6.45, 7) is 2.20. The summed E-state index contributed by atoms with van der Waals surface area (Å²) in [7, 11) is 0. The zero-order chi connectivity index (χ0) is 18.4. The first-order valence-corrected chi connectivity index (χ1v) is 9.31. The van der Waals surface area contributed by atoms with E-state index in [2.05, 4.69) is 20.2 Å². The standard InChI is InChI=1S/C19H20N6O2/c26-18-13-6-7-15(25-14-5-2-8-20-16(14)23-19(25)27)22-17(13)24(10-9-21-18)11-12-3-1-4-12/h2,5-8,12H,1,3-4,9-11H2,(H,21,26)(H,20,23,27). The lowest BCUT2D eigenvalue weighted by Crippen LogP contribution is -2.36. The summed E-state index contributed by atoms with van der Waals surface area (Å²) in [6.07, 6.45) is 5.35. The van der Waals surface area contributed by atoms with E-state index in [9.17, 15) is 9.59 Å². The Balaban J connectivity index is 1.64. The van der Waals surface area contributed by atoms with Crippen LogP contribution in [0.15, 0.2) is 35.3 Å². The molecule has 1 aliphatic carbocycles. The van der Waals surface area contributed by atoms with Crippen LogP contribution in [0.25, 0.3) is 17.0 Å².